The second-order valence-corrected chi connectivity index (χ2v) is 9.03. The van der Waals surface area contributed by atoms with Crippen molar-refractivity contribution in [2.24, 2.45) is 0 Å². The number of nitrogens with zero attached hydrogens (tertiary/aromatic N) is 2. The van der Waals surface area contributed by atoms with Gasteiger partial charge in [-0.1, -0.05) is 49.4 Å². The van der Waals surface area contributed by atoms with Crippen LogP contribution in [0.2, 0.25) is 0 Å². The number of nitrogens with one attached hydrogen (secondary N) is 2. The average Bonchev–Trinajstić information content (AvgIpc) is 3.21. The lowest BCUT2D eigenvalue weighted by atomic mass is 10.00. The van der Waals surface area contributed by atoms with E-state index in [2.05, 4.69) is 15.5 Å². The number of carbonyl (C=O) groups is 3. The molecule has 2 aliphatic rings. The molecular weight excluding hydrogens is 460 g/mol. The van der Waals surface area contributed by atoms with Crippen LogP contribution in [0.15, 0.2) is 54.6 Å². The Hall–Kier alpha value is -3.43. The van der Waals surface area contributed by atoms with Crippen LogP contribution >= 0.6 is 0 Å². The van der Waals surface area contributed by atoms with Gasteiger partial charge in [0.2, 0.25) is 11.8 Å². The first-order chi connectivity index (χ1) is 17.5. The first-order valence-corrected chi connectivity index (χ1v) is 12.5. The quantitative estimate of drug-likeness (QED) is 0.527. The van der Waals surface area contributed by atoms with E-state index in [1.54, 1.807) is 24.3 Å². The van der Waals surface area contributed by atoms with Gasteiger partial charge in [-0.05, 0) is 29.7 Å². The van der Waals surface area contributed by atoms with E-state index in [4.69, 9.17) is 9.47 Å². The molecule has 2 atom stereocenters. The molecule has 0 bridgehead atoms. The van der Waals surface area contributed by atoms with Crippen molar-refractivity contribution in [2.75, 3.05) is 44.7 Å². The third kappa shape index (κ3) is 6.61. The molecule has 2 aromatic rings. The molecule has 2 heterocycles. The Morgan fingerprint density at radius 1 is 1.03 bits per heavy atom. The molecular formula is C27H34N4O5. The minimum Gasteiger partial charge on any atom is -0.438 e. The minimum atomic E-state index is -0.817. The number of anilines is 1. The summed E-state index contributed by atoms with van der Waals surface area (Å²) in [4.78, 5) is 42.0. The highest BCUT2D eigenvalue weighted by Crippen LogP contribution is 2.34. The van der Waals surface area contributed by atoms with E-state index in [1.807, 2.05) is 37.3 Å². The number of carbonyl (C=O) groups excluding carboxylic acids is 3. The lowest BCUT2D eigenvalue weighted by Crippen LogP contribution is -2.48. The van der Waals surface area contributed by atoms with Crippen molar-refractivity contribution in [3.05, 3.63) is 65.7 Å². The first-order valence-electron chi connectivity index (χ1n) is 12.5. The van der Waals surface area contributed by atoms with E-state index in [0.717, 1.165) is 25.1 Å². The van der Waals surface area contributed by atoms with Crippen molar-refractivity contribution >= 4 is 23.6 Å². The highest BCUT2D eigenvalue weighted by molar-refractivity contribution is 5.91. The van der Waals surface area contributed by atoms with Gasteiger partial charge in [0.15, 0.2) is 12.1 Å². The molecule has 192 valence electrons. The minimum absolute atomic E-state index is 0.0518. The number of ether oxygens (including phenoxy) is 2. The van der Waals surface area contributed by atoms with Gasteiger partial charge in [0.25, 0.3) is 0 Å². The van der Waals surface area contributed by atoms with Crippen LogP contribution in [0.5, 0.6) is 0 Å². The third-order valence-electron chi connectivity index (χ3n) is 6.38. The second-order valence-electron chi connectivity index (χ2n) is 9.03. The number of rotatable bonds is 10. The Morgan fingerprint density at radius 2 is 1.75 bits per heavy atom. The summed E-state index contributed by atoms with van der Waals surface area (Å²) in [5, 5.41) is 5.86. The van der Waals surface area contributed by atoms with Crippen LogP contribution in [0.3, 0.4) is 0 Å². The Balaban J connectivity index is 1.49. The summed E-state index contributed by atoms with van der Waals surface area (Å²) in [6, 6.07) is 15.8. The summed E-state index contributed by atoms with van der Waals surface area (Å²) in [5.74, 6) is -0.306. The summed E-state index contributed by atoms with van der Waals surface area (Å²) in [6.45, 7) is 6.47. The summed E-state index contributed by atoms with van der Waals surface area (Å²) >= 11 is 0. The molecule has 36 heavy (non-hydrogen) atoms. The molecule has 4 rings (SSSR count). The molecule has 2 aliphatic heterocycles. The zero-order chi connectivity index (χ0) is 25.3. The van der Waals surface area contributed by atoms with Gasteiger partial charge in [-0.2, -0.15) is 0 Å². The SMILES string of the molecule is CCCC(=O)Nc1ccc(C2OC(=O)N(Cc3ccccc3)C2C(=O)NCCN2CCOCC2)cc1. The highest BCUT2D eigenvalue weighted by atomic mass is 16.6. The third-order valence-corrected chi connectivity index (χ3v) is 6.38. The Kier molecular flexibility index (Phi) is 8.91. The van der Waals surface area contributed by atoms with Crippen molar-refractivity contribution in [3.63, 3.8) is 0 Å². The van der Waals surface area contributed by atoms with Gasteiger partial charge < -0.3 is 20.1 Å². The van der Waals surface area contributed by atoms with Crippen LogP contribution in [-0.4, -0.2) is 73.1 Å². The summed E-state index contributed by atoms with van der Waals surface area (Å²) in [5.41, 5.74) is 2.27. The normalized spacial score (nSPS) is 20.1. The fourth-order valence-electron chi connectivity index (χ4n) is 4.46. The Labute approximate surface area is 211 Å². The van der Waals surface area contributed by atoms with E-state index in [9.17, 15) is 14.4 Å². The van der Waals surface area contributed by atoms with Crippen LogP contribution in [0.4, 0.5) is 10.5 Å². The Morgan fingerprint density at radius 3 is 2.44 bits per heavy atom. The highest BCUT2D eigenvalue weighted by Gasteiger charge is 2.46. The maximum atomic E-state index is 13.4. The van der Waals surface area contributed by atoms with Crippen LogP contribution in [-0.2, 0) is 25.6 Å². The molecule has 0 aromatic heterocycles. The van der Waals surface area contributed by atoms with Gasteiger partial charge in [0.05, 0.1) is 19.8 Å². The van der Waals surface area contributed by atoms with E-state index in [0.29, 0.717) is 44.0 Å². The number of hydrogen-bond acceptors (Lipinski definition) is 6. The van der Waals surface area contributed by atoms with Gasteiger partial charge >= 0.3 is 6.09 Å². The van der Waals surface area contributed by atoms with Crippen LogP contribution in [0, 0.1) is 0 Å². The number of morpholine rings is 1. The molecule has 2 aromatic carbocycles. The molecule has 2 N–H and O–H groups in total. The molecule has 0 spiro atoms. The molecule has 2 unspecified atom stereocenters. The standard InChI is InChI=1S/C27H34N4O5/c1-2-6-23(32)29-22-11-9-21(10-12-22)25-24(26(33)28-13-14-30-15-17-35-18-16-30)31(27(34)36-25)19-20-7-4-3-5-8-20/h3-5,7-12,24-25H,2,6,13-19H2,1H3,(H,28,33)(H,29,32). The van der Waals surface area contributed by atoms with Gasteiger partial charge in [-0.25, -0.2) is 4.79 Å². The average molecular weight is 495 g/mol. The smallest absolute Gasteiger partial charge is 0.411 e. The largest absolute Gasteiger partial charge is 0.438 e. The predicted octanol–water partition coefficient (Wildman–Crippen LogP) is 2.94. The van der Waals surface area contributed by atoms with Crippen LogP contribution in [0.1, 0.15) is 37.0 Å². The lowest BCUT2D eigenvalue weighted by Gasteiger charge is -2.28. The second kappa shape index (κ2) is 12.5. The van der Waals surface area contributed by atoms with Crippen molar-refractivity contribution in [3.8, 4) is 0 Å². The topological polar surface area (TPSA) is 100 Å². The van der Waals surface area contributed by atoms with Gasteiger partial charge in [0, 0.05) is 38.3 Å². The zero-order valence-electron chi connectivity index (χ0n) is 20.7. The lowest BCUT2D eigenvalue weighted by molar-refractivity contribution is -0.126. The summed E-state index contributed by atoms with van der Waals surface area (Å²) < 4.78 is 11.1. The monoisotopic (exact) mass is 494 g/mol. The first kappa shape index (κ1) is 25.7. The maximum absolute atomic E-state index is 13.4. The Bertz CT molecular complexity index is 1020. The van der Waals surface area contributed by atoms with Gasteiger partial charge in [0.1, 0.15) is 0 Å². The summed E-state index contributed by atoms with van der Waals surface area (Å²) in [7, 11) is 0. The fourth-order valence-corrected chi connectivity index (χ4v) is 4.46. The fraction of sp³-hybridized carbons (Fsp3) is 0.444. The van der Waals surface area contributed by atoms with E-state index < -0.39 is 18.2 Å². The number of benzene rings is 2. The molecule has 3 amide bonds. The molecule has 9 heteroatoms. The van der Waals surface area contributed by atoms with Crippen LogP contribution < -0.4 is 10.6 Å². The molecule has 0 radical (unpaired) electrons. The van der Waals surface area contributed by atoms with Crippen molar-refractivity contribution < 1.29 is 23.9 Å². The number of amides is 3. The van der Waals surface area contributed by atoms with E-state index in [-0.39, 0.29) is 18.4 Å². The number of cyclic esters (lactones) is 1. The molecule has 2 saturated heterocycles. The van der Waals surface area contributed by atoms with E-state index >= 15 is 0 Å². The van der Waals surface area contributed by atoms with Gasteiger partial charge in [-0.15, -0.1) is 0 Å². The van der Waals surface area contributed by atoms with Crippen molar-refractivity contribution in [2.45, 2.75) is 38.5 Å². The van der Waals surface area contributed by atoms with E-state index in [1.165, 1.54) is 4.90 Å². The molecule has 2 fully saturated rings. The maximum Gasteiger partial charge on any atom is 0.411 e. The molecule has 0 saturated carbocycles. The molecule has 0 aliphatic carbocycles. The van der Waals surface area contributed by atoms with Crippen molar-refractivity contribution in [1.29, 1.82) is 0 Å². The number of hydrogen-bond donors (Lipinski definition) is 2. The van der Waals surface area contributed by atoms with Crippen molar-refractivity contribution in [1.82, 2.24) is 15.1 Å². The summed E-state index contributed by atoms with van der Waals surface area (Å²) in [6.07, 6.45) is -0.0764. The van der Waals surface area contributed by atoms with Crippen LogP contribution in [0.25, 0.3) is 0 Å². The predicted molar refractivity (Wildman–Crippen MR) is 135 cm³/mol. The molecule has 9 nitrogen and oxygen atoms in total. The van der Waals surface area contributed by atoms with Gasteiger partial charge in [-0.3, -0.25) is 19.4 Å². The zero-order valence-corrected chi connectivity index (χ0v) is 20.7.